The van der Waals surface area contributed by atoms with E-state index >= 15 is 0 Å². The molecule has 0 aliphatic carbocycles. The number of hydrogen-bond acceptors (Lipinski definition) is 6. The summed E-state index contributed by atoms with van der Waals surface area (Å²) in [5.41, 5.74) is 1.38. The molecule has 1 fully saturated rings. The summed E-state index contributed by atoms with van der Waals surface area (Å²) in [6, 6.07) is 13.2. The number of nitrogens with zero attached hydrogens (tertiary/aromatic N) is 2. The van der Waals surface area contributed by atoms with Crippen LogP contribution in [-0.4, -0.2) is 70.6 Å². The molecule has 2 aromatic carbocycles. The van der Waals surface area contributed by atoms with Crippen molar-refractivity contribution in [2.75, 3.05) is 50.1 Å². The third-order valence-corrected chi connectivity index (χ3v) is 6.88. The minimum Gasteiger partial charge on any atom is -0.378 e. The summed E-state index contributed by atoms with van der Waals surface area (Å²) in [5.74, 6) is -0.714. The number of sulfonamides is 1. The molecule has 1 heterocycles. The second kappa shape index (κ2) is 10.5. The van der Waals surface area contributed by atoms with Crippen molar-refractivity contribution in [3.63, 3.8) is 0 Å². The van der Waals surface area contributed by atoms with Gasteiger partial charge in [0, 0.05) is 42.6 Å². The van der Waals surface area contributed by atoms with Crippen molar-refractivity contribution < 1.29 is 22.7 Å². The minimum absolute atomic E-state index is 0.0693. The summed E-state index contributed by atoms with van der Waals surface area (Å²) < 4.78 is 32.8. The van der Waals surface area contributed by atoms with Crippen molar-refractivity contribution in [1.29, 1.82) is 0 Å². The van der Waals surface area contributed by atoms with E-state index in [1.165, 1.54) is 36.2 Å². The van der Waals surface area contributed by atoms with E-state index in [1.807, 2.05) is 24.3 Å². The SMILES string of the molecule is CN(CC(=O)Nc1ccc(N2CCOCC2)cc1)C(=O)c1ccc(S(=O)(=O)NC(C)(C)C)cc1. The van der Waals surface area contributed by atoms with Gasteiger partial charge in [0.15, 0.2) is 0 Å². The Morgan fingerprint density at radius 2 is 1.59 bits per heavy atom. The molecule has 2 aromatic rings. The number of carbonyl (C=O) groups is 2. The van der Waals surface area contributed by atoms with Crippen LogP contribution in [0.15, 0.2) is 53.4 Å². The van der Waals surface area contributed by atoms with Crippen LogP contribution in [0.2, 0.25) is 0 Å². The Morgan fingerprint density at radius 1 is 1.00 bits per heavy atom. The summed E-state index contributed by atoms with van der Waals surface area (Å²) in [5, 5.41) is 2.80. The molecule has 0 saturated carbocycles. The van der Waals surface area contributed by atoms with Gasteiger partial charge in [-0.15, -0.1) is 0 Å². The number of anilines is 2. The first-order valence-electron chi connectivity index (χ1n) is 11.1. The quantitative estimate of drug-likeness (QED) is 0.619. The largest absolute Gasteiger partial charge is 0.378 e. The highest BCUT2D eigenvalue weighted by Gasteiger charge is 2.23. The molecule has 2 amide bonds. The first-order valence-corrected chi connectivity index (χ1v) is 12.5. The molecule has 34 heavy (non-hydrogen) atoms. The summed E-state index contributed by atoms with van der Waals surface area (Å²) >= 11 is 0. The monoisotopic (exact) mass is 488 g/mol. The number of benzene rings is 2. The van der Waals surface area contributed by atoms with Crippen LogP contribution in [0.5, 0.6) is 0 Å². The molecule has 1 saturated heterocycles. The van der Waals surface area contributed by atoms with E-state index in [1.54, 1.807) is 20.8 Å². The molecule has 184 valence electrons. The van der Waals surface area contributed by atoms with Gasteiger partial charge < -0.3 is 19.9 Å². The second-order valence-corrected chi connectivity index (χ2v) is 10.9. The molecular formula is C24H32N4O5S. The van der Waals surface area contributed by atoms with Crippen molar-refractivity contribution in [1.82, 2.24) is 9.62 Å². The fourth-order valence-electron chi connectivity index (χ4n) is 3.52. The lowest BCUT2D eigenvalue weighted by Gasteiger charge is -2.28. The number of nitrogens with one attached hydrogen (secondary N) is 2. The number of ether oxygens (including phenoxy) is 1. The van der Waals surface area contributed by atoms with Crippen LogP contribution in [0.4, 0.5) is 11.4 Å². The van der Waals surface area contributed by atoms with Crippen molar-refractivity contribution in [2.24, 2.45) is 0 Å². The molecule has 0 radical (unpaired) electrons. The van der Waals surface area contributed by atoms with E-state index in [0.717, 1.165) is 18.8 Å². The molecule has 1 aliphatic rings. The number of carbonyl (C=O) groups excluding carboxylic acids is 2. The van der Waals surface area contributed by atoms with Gasteiger partial charge in [0.1, 0.15) is 0 Å². The van der Waals surface area contributed by atoms with Crippen molar-refractivity contribution in [3.8, 4) is 0 Å². The van der Waals surface area contributed by atoms with Crippen molar-refractivity contribution in [2.45, 2.75) is 31.2 Å². The Hall–Kier alpha value is -2.95. The Bertz CT molecular complexity index is 1100. The molecular weight excluding hydrogens is 456 g/mol. The molecule has 10 heteroatoms. The highest BCUT2D eigenvalue weighted by molar-refractivity contribution is 7.89. The van der Waals surface area contributed by atoms with Crippen LogP contribution < -0.4 is 14.9 Å². The van der Waals surface area contributed by atoms with E-state index in [9.17, 15) is 18.0 Å². The standard InChI is InChI=1S/C24H32N4O5S/c1-24(2,3)26-34(31,32)21-11-5-18(6-12-21)23(30)27(4)17-22(29)25-19-7-9-20(10-8-19)28-13-15-33-16-14-28/h5-12,26H,13-17H2,1-4H3,(H,25,29). The lowest BCUT2D eigenvalue weighted by Crippen LogP contribution is -2.40. The highest BCUT2D eigenvalue weighted by atomic mass is 32.2. The van der Waals surface area contributed by atoms with Crippen LogP contribution in [0.3, 0.4) is 0 Å². The fourth-order valence-corrected chi connectivity index (χ4v) is 4.94. The van der Waals surface area contributed by atoms with Crippen LogP contribution in [0.1, 0.15) is 31.1 Å². The first-order chi connectivity index (χ1) is 15.9. The molecule has 3 rings (SSSR count). The lowest BCUT2D eigenvalue weighted by molar-refractivity contribution is -0.116. The van der Waals surface area contributed by atoms with Crippen LogP contribution in [0.25, 0.3) is 0 Å². The van der Waals surface area contributed by atoms with Gasteiger partial charge in [-0.2, -0.15) is 0 Å². The molecule has 0 aromatic heterocycles. The molecule has 9 nitrogen and oxygen atoms in total. The average molecular weight is 489 g/mol. The van der Waals surface area contributed by atoms with Gasteiger partial charge in [-0.05, 0) is 69.3 Å². The molecule has 0 atom stereocenters. The van der Waals surface area contributed by atoms with Gasteiger partial charge in [-0.1, -0.05) is 0 Å². The Morgan fingerprint density at radius 3 is 2.15 bits per heavy atom. The fraction of sp³-hybridized carbons (Fsp3) is 0.417. The van der Waals surface area contributed by atoms with E-state index < -0.39 is 15.6 Å². The average Bonchev–Trinajstić information content (AvgIpc) is 2.78. The number of likely N-dealkylation sites (N-methyl/N-ethyl adjacent to an activating group) is 1. The summed E-state index contributed by atoms with van der Waals surface area (Å²) in [6.45, 7) is 8.17. The number of morpholine rings is 1. The maximum atomic E-state index is 12.7. The van der Waals surface area contributed by atoms with Crippen molar-refractivity contribution in [3.05, 3.63) is 54.1 Å². The predicted octanol–water partition coefficient (Wildman–Crippen LogP) is 2.31. The summed E-state index contributed by atoms with van der Waals surface area (Å²) in [4.78, 5) is 28.7. The van der Waals surface area contributed by atoms with Crippen LogP contribution >= 0.6 is 0 Å². The summed E-state index contributed by atoms with van der Waals surface area (Å²) in [7, 11) is -2.17. The van der Waals surface area contributed by atoms with E-state index in [0.29, 0.717) is 24.5 Å². The zero-order chi connectivity index (χ0) is 24.9. The predicted molar refractivity (Wildman–Crippen MR) is 132 cm³/mol. The smallest absolute Gasteiger partial charge is 0.254 e. The second-order valence-electron chi connectivity index (χ2n) is 9.24. The zero-order valence-corrected chi connectivity index (χ0v) is 20.8. The van der Waals surface area contributed by atoms with E-state index in [4.69, 9.17) is 4.74 Å². The van der Waals surface area contributed by atoms with Gasteiger partial charge >= 0.3 is 0 Å². The third kappa shape index (κ3) is 7.02. The highest BCUT2D eigenvalue weighted by Crippen LogP contribution is 2.19. The molecule has 0 spiro atoms. The van der Waals surface area contributed by atoms with Crippen LogP contribution in [-0.2, 0) is 19.6 Å². The van der Waals surface area contributed by atoms with Crippen molar-refractivity contribution >= 4 is 33.2 Å². The van der Waals surface area contributed by atoms with Gasteiger partial charge in [0.25, 0.3) is 5.91 Å². The Labute approximate surface area is 201 Å². The van der Waals surface area contributed by atoms with Crippen LogP contribution in [0, 0.1) is 0 Å². The third-order valence-electron chi connectivity index (χ3n) is 5.11. The lowest BCUT2D eigenvalue weighted by atomic mass is 10.1. The molecule has 1 aliphatic heterocycles. The topological polar surface area (TPSA) is 108 Å². The number of hydrogen-bond donors (Lipinski definition) is 2. The van der Waals surface area contributed by atoms with Gasteiger partial charge in [-0.3, -0.25) is 9.59 Å². The number of amides is 2. The van der Waals surface area contributed by atoms with Gasteiger partial charge in [-0.25, -0.2) is 13.1 Å². The first kappa shape index (κ1) is 25.7. The maximum absolute atomic E-state index is 12.7. The molecule has 0 unspecified atom stereocenters. The van der Waals surface area contributed by atoms with Gasteiger partial charge in [0.05, 0.1) is 24.7 Å². The number of rotatable bonds is 7. The zero-order valence-electron chi connectivity index (χ0n) is 20.0. The van der Waals surface area contributed by atoms with E-state index in [2.05, 4.69) is 14.9 Å². The Balaban J connectivity index is 1.56. The molecule has 2 N–H and O–H groups in total. The summed E-state index contributed by atoms with van der Waals surface area (Å²) in [6.07, 6.45) is 0. The minimum atomic E-state index is -3.69. The normalized spacial score (nSPS) is 14.5. The molecule has 0 bridgehead atoms. The van der Waals surface area contributed by atoms with Gasteiger partial charge in [0.2, 0.25) is 15.9 Å². The maximum Gasteiger partial charge on any atom is 0.254 e. The Kier molecular flexibility index (Phi) is 7.96. The van der Waals surface area contributed by atoms with E-state index in [-0.39, 0.29) is 23.3 Å².